The summed E-state index contributed by atoms with van der Waals surface area (Å²) in [5.41, 5.74) is 2.10. The third-order valence-corrected chi connectivity index (χ3v) is 4.48. The molecule has 160 valence electrons. The first-order valence-corrected chi connectivity index (χ1v) is 9.61. The van der Waals surface area contributed by atoms with Crippen LogP contribution in [0.4, 0.5) is 5.69 Å². The summed E-state index contributed by atoms with van der Waals surface area (Å²) in [7, 11) is 1.55. The van der Waals surface area contributed by atoms with Gasteiger partial charge in [0, 0.05) is 5.69 Å². The number of amides is 1. The van der Waals surface area contributed by atoms with E-state index in [1.54, 1.807) is 73.8 Å². The van der Waals surface area contributed by atoms with Gasteiger partial charge in [0.25, 0.3) is 5.91 Å². The quantitative estimate of drug-likeness (QED) is 0.403. The first-order valence-electron chi connectivity index (χ1n) is 9.61. The van der Waals surface area contributed by atoms with E-state index >= 15 is 0 Å². The number of ether oxygens (including phenoxy) is 2. The van der Waals surface area contributed by atoms with E-state index in [0.717, 1.165) is 5.56 Å². The first kappa shape index (κ1) is 22.1. The van der Waals surface area contributed by atoms with E-state index in [-0.39, 0.29) is 17.7 Å². The number of benzene rings is 3. The highest BCUT2D eigenvalue weighted by atomic mass is 16.5. The second kappa shape index (κ2) is 10.5. The summed E-state index contributed by atoms with van der Waals surface area (Å²) in [6.45, 7) is 0.212. The van der Waals surface area contributed by atoms with Crippen LogP contribution in [0.2, 0.25) is 0 Å². The minimum absolute atomic E-state index is 0.0417. The summed E-state index contributed by atoms with van der Waals surface area (Å²) in [5.74, 6) is -0.274. The number of methoxy groups -OCH3 is 1. The topological polar surface area (TPSA) is 109 Å². The Morgan fingerprint density at radius 3 is 2.34 bits per heavy atom. The number of nitrogens with one attached hydrogen (secondary N) is 1. The molecule has 0 aliphatic carbocycles. The minimum atomic E-state index is -0.993. The molecule has 1 amide bonds. The molecule has 7 nitrogen and oxygen atoms in total. The van der Waals surface area contributed by atoms with Gasteiger partial charge in [-0.25, -0.2) is 4.79 Å². The molecule has 32 heavy (non-hydrogen) atoms. The maximum Gasteiger partial charge on any atom is 0.335 e. The summed E-state index contributed by atoms with van der Waals surface area (Å²) in [6, 6.07) is 22.1. The van der Waals surface area contributed by atoms with E-state index in [1.807, 2.05) is 6.07 Å². The number of rotatable bonds is 8. The van der Waals surface area contributed by atoms with E-state index in [9.17, 15) is 14.9 Å². The minimum Gasteiger partial charge on any atom is -0.497 e. The van der Waals surface area contributed by atoms with E-state index in [1.165, 1.54) is 12.1 Å². The van der Waals surface area contributed by atoms with Crippen LogP contribution in [-0.2, 0) is 11.4 Å². The lowest BCUT2D eigenvalue weighted by Crippen LogP contribution is -2.13. The lowest BCUT2D eigenvalue weighted by Gasteiger charge is -2.08. The number of carbonyl (C=O) groups excluding carboxylic acids is 1. The van der Waals surface area contributed by atoms with Gasteiger partial charge in [-0.1, -0.05) is 24.3 Å². The summed E-state index contributed by atoms with van der Waals surface area (Å²) < 4.78 is 10.8. The van der Waals surface area contributed by atoms with Gasteiger partial charge in [-0.15, -0.1) is 0 Å². The van der Waals surface area contributed by atoms with E-state index in [0.29, 0.717) is 22.7 Å². The second-order valence-corrected chi connectivity index (χ2v) is 6.72. The molecule has 0 aliphatic rings. The number of hydrogen-bond donors (Lipinski definition) is 2. The van der Waals surface area contributed by atoms with Crippen LogP contribution in [0.3, 0.4) is 0 Å². The number of carboxylic acid groups (broad SMARTS) is 1. The van der Waals surface area contributed by atoms with Gasteiger partial charge in [0.1, 0.15) is 29.7 Å². The number of nitriles is 1. The van der Waals surface area contributed by atoms with Crippen molar-refractivity contribution in [3.8, 4) is 17.6 Å². The SMILES string of the molecule is COc1ccc(NC(=O)/C(C#N)=C\c2ccc(OCc3cccc(C(=O)O)c3)cc2)cc1. The zero-order chi connectivity index (χ0) is 22.9. The predicted molar refractivity (Wildman–Crippen MR) is 119 cm³/mol. The maximum atomic E-state index is 12.4. The Bertz CT molecular complexity index is 1180. The molecule has 0 radical (unpaired) electrons. The van der Waals surface area contributed by atoms with Crippen LogP contribution in [0, 0.1) is 11.3 Å². The van der Waals surface area contributed by atoms with Crippen molar-refractivity contribution in [3.05, 3.63) is 95.1 Å². The van der Waals surface area contributed by atoms with Gasteiger partial charge in [0.05, 0.1) is 12.7 Å². The molecule has 0 atom stereocenters. The summed E-state index contributed by atoms with van der Waals surface area (Å²) in [5, 5.41) is 21.1. The van der Waals surface area contributed by atoms with Crippen LogP contribution in [0.1, 0.15) is 21.5 Å². The molecule has 3 aromatic rings. The van der Waals surface area contributed by atoms with E-state index < -0.39 is 11.9 Å². The van der Waals surface area contributed by atoms with Crippen LogP contribution in [-0.4, -0.2) is 24.1 Å². The Labute approximate surface area is 185 Å². The largest absolute Gasteiger partial charge is 0.497 e. The average Bonchev–Trinajstić information content (AvgIpc) is 2.82. The third-order valence-electron chi connectivity index (χ3n) is 4.48. The van der Waals surface area contributed by atoms with Gasteiger partial charge >= 0.3 is 5.97 Å². The van der Waals surface area contributed by atoms with Crippen molar-refractivity contribution in [3.63, 3.8) is 0 Å². The van der Waals surface area contributed by atoms with Gasteiger partial charge in [-0.05, 0) is 65.7 Å². The van der Waals surface area contributed by atoms with Crippen molar-refractivity contribution in [2.45, 2.75) is 6.61 Å². The van der Waals surface area contributed by atoms with Crippen molar-refractivity contribution in [2.75, 3.05) is 12.4 Å². The van der Waals surface area contributed by atoms with Crippen molar-refractivity contribution in [2.24, 2.45) is 0 Å². The van der Waals surface area contributed by atoms with Crippen LogP contribution in [0.5, 0.6) is 11.5 Å². The summed E-state index contributed by atoms with van der Waals surface area (Å²) in [6.07, 6.45) is 1.49. The highest BCUT2D eigenvalue weighted by molar-refractivity contribution is 6.09. The smallest absolute Gasteiger partial charge is 0.335 e. The molecule has 0 saturated carbocycles. The van der Waals surface area contributed by atoms with Crippen LogP contribution < -0.4 is 14.8 Å². The van der Waals surface area contributed by atoms with Gasteiger partial charge < -0.3 is 19.9 Å². The van der Waals surface area contributed by atoms with Gasteiger partial charge in [0.15, 0.2) is 0 Å². The van der Waals surface area contributed by atoms with Crippen molar-refractivity contribution >= 4 is 23.6 Å². The fourth-order valence-electron chi connectivity index (χ4n) is 2.81. The molecular weight excluding hydrogens is 408 g/mol. The molecule has 0 unspecified atom stereocenters. The first-order chi connectivity index (χ1) is 15.5. The van der Waals surface area contributed by atoms with Gasteiger partial charge in [0.2, 0.25) is 0 Å². The third kappa shape index (κ3) is 5.97. The molecule has 2 N–H and O–H groups in total. The maximum absolute atomic E-state index is 12.4. The summed E-state index contributed by atoms with van der Waals surface area (Å²) >= 11 is 0. The highest BCUT2D eigenvalue weighted by Crippen LogP contribution is 2.18. The predicted octanol–water partition coefficient (Wildman–Crippen LogP) is 4.52. The molecule has 0 aromatic heterocycles. The highest BCUT2D eigenvalue weighted by Gasteiger charge is 2.10. The van der Waals surface area contributed by atoms with Crippen LogP contribution in [0.15, 0.2) is 78.4 Å². The fraction of sp³-hybridized carbons (Fsp3) is 0.0800. The molecule has 0 aliphatic heterocycles. The number of carbonyl (C=O) groups is 2. The Morgan fingerprint density at radius 1 is 1.03 bits per heavy atom. The molecule has 0 bridgehead atoms. The Balaban J connectivity index is 1.63. The van der Waals surface area contributed by atoms with Crippen molar-refractivity contribution in [1.82, 2.24) is 0 Å². The van der Waals surface area contributed by atoms with E-state index in [4.69, 9.17) is 14.6 Å². The molecule has 3 aromatic carbocycles. The fourth-order valence-corrected chi connectivity index (χ4v) is 2.81. The molecule has 0 fully saturated rings. The number of aromatic carboxylic acids is 1. The lowest BCUT2D eigenvalue weighted by atomic mass is 10.1. The number of anilines is 1. The molecular formula is C25H20N2O5. The van der Waals surface area contributed by atoms with Crippen LogP contribution in [0.25, 0.3) is 6.08 Å². The average molecular weight is 428 g/mol. The molecule has 0 spiro atoms. The lowest BCUT2D eigenvalue weighted by molar-refractivity contribution is -0.112. The zero-order valence-corrected chi connectivity index (χ0v) is 17.2. The normalized spacial score (nSPS) is 10.7. The van der Waals surface area contributed by atoms with Crippen molar-refractivity contribution < 1.29 is 24.2 Å². The van der Waals surface area contributed by atoms with Crippen LogP contribution >= 0.6 is 0 Å². The molecule has 3 rings (SSSR count). The van der Waals surface area contributed by atoms with E-state index in [2.05, 4.69) is 5.32 Å². The number of nitrogens with zero attached hydrogens (tertiary/aromatic N) is 1. The Morgan fingerprint density at radius 2 is 1.72 bits per heavy atom. The molecule has 7 heteroatoms. The standard InChI is InChI=1S/C25H20N2O5/c1-31-22-11-7-21(8-12-22)27-24(28)20(15-26)13-17-5-9-23(10-6-17)32-16-18-3-2-4-19(14-18)25(29)30/h2-14H,16H2,1H3,(H,27,28)(H,29,30)/b20-13-. The monoisotopic (exact) mass is 428 g/mol. The number of carboxylic acids is 1. The molecule has 0 heterocycles. The molecule has 0 saturated heterocycles. The number of hydrogen-bond acceptors (Lipinski definition) is 5. The summed E-state index contributed by atoms with van der Waals surface area (Å²) in [4.78, 5) is 23.5. The zero-order valence-electron chi connectivity index (χ0n) is 17.2. The second-order valence-electron chi connectivity index (χ2n) is 6.72. The van der Waals surface area contributed by atoms with Crippen molar-refractivity contribution in [1.29, 1.82) is 5.26 Å². The van der Waals surface area contributed by atoms with Gasteiger partial charge in [-0.3, -0.25) is 4.79 Å². The Kier molecular flexibility index (Phi) is 7.23. The Hall–Kier alpha value is -4.57. The van der Waals surface area contributed by atoms with Gasteiger partial charge in [-0.2, -0.15) is 5.26 Å².